The molecule has 4 fully saturated rings. The fraction of sp³-hybridized carbons (Fsp3) is 0.393. The molecule has 0 atom stereocenters. The molecule has 4 saturated carbocycles. The van der Waals surface area contributed by atoms with Crippen LogP contribution in [0, 0.1) is 33.3 Å². The Bertz CT molecular complexity index is 1370. The van der Waals surface area contributed by atoms with Gasteiger partial charge < -0.3 is 4.57 Å². The summed E-state index contributed by atoms with van der Waals surface area (Å²) >= 11 is 0. The quantitative estimate of drug-likeness (QED) is 0.255. The van der Waals surface area contributed by atoms with Gasteiger partial charge in [0.25, 0.3) is 5.69 Å². The van der Waals surface area contributed by atoms with E-state index in [9.17, 15) is 10.1 Å². The minimum atomic E-state index is -0.338. The molecule has 1 aromatic heterocycles. The van der Waals surface area contributed by atoms with Crippen molar-refractivity contribution in [1.29, 1.82) is 0 Å². The van der Waals surface area contributed by atoms with Crippen LogP contribution in [0.25, 0.3) is 33.2 Å². The van der Waals surface area contributed by atoms with Crippen LogP contribution < -0.4 is 0 Å². The highest BCUT2D eigenvalue weighted by molar-refractivity contribution is 6.05. The third-order valence-corrected chi connectivity index (χ3v) is 8.64. The summed E-state index contributed by atoms with van der Waals surface area (Å²) in [5.41, 5.74) is 3.64. The van der Waals surface area contributed by atoms with Gasteiger partial charge in [0.2, 0.25) is 0 Å². The van der Waals surface area contributed by atoms with Crippen molar-refractivity contribution in [3.63, 3.8) is 0 Å². The summed E-state index contributed by atoms with van der Waals surface area (Å²) in [6.45, 7) is 0.998. The Morgan fingerprint density at radius 2 is 1.58 bits per heavy atom. The molecule has 4 bridgehead atoms. The van der Waals surface area contributed by atoms with Gasteiger partial charge >= 0.3 is 0 Å². The van der Waals surface area contributed by atoms with Crippen molar-refractivity contribution in [2.75, 3.05) is 0 Å². The molecule has 0 amide bonds. The molecular weight excluding hydrogens is 410 g/mol. The topological polar surface area (TPSA) is 61.0 Å². The summed E-state index contributed by atoms with van der Waals surface area (Å²) in [6.07, 6.45) is 8.32. The predicted molar refractivity (Wildman–Crippen MR) is 130 cm³/mol. The number of benzene rings is 3. The lowest BCUT2D eigenvalue weighted by Gasteiger charge is -2.57. The average Bonchev–Trinajstić information content (AvgIpc) is 3.16. The first kappa shape index (κ1) is 19.3. The van der Waals surface area contributed by atoms with Crippen molar-refractivity contribution in [2.45, 2.75) is 45.1 Å². The zero-order valence-corrected chi connectivity index (χ0v) is 18.6. The summed E-state index contributed by atoms with van der Waals surface area (Å²) in [5, 5.41) is 13.6. The highest BCUT2D eigenvalue weighted by Crippen LogP contribution is 2.61. The van der Waals surface area contributed by atoms with Gasteiger partial charge in [-0.25, -0.2) is 4.98 Å². The highest BCUT2D eigenvalue weighted by Gasteiger charge is 2.51. The van der Waals surface area contributed by atoms with E-state index in [1.54, 1.807) is 12.1 Å². The number of non-ortho nitro benzene ring substituents is 1. The Balaban J connectivity index is 1.41. The highest BCUT2D eigenvalue weighted by atomic mass is 16.6. The standard InChI is InChI=1S/C28H27N3O2/c32-31(33)23-8-5-22(6-9-23)27-29-26-24-4-2-1-3-21(24)7-10-25(26)30(27)17-28-14-18-11-19(15-28)13-20(12-18)16-28/h1-10,18-20H,11-17H2. The van der Waals surface area contributed by atoms with Crippen LogP contribution in [0.5, 0.6) is 0 Å². The molecule has 0 N–H and O–H groups in total. The minimum absolute atomic E-state index is 0.118. The van der Waals surface area contributed by atoms with Crippen molar-refractivity contribution >= 4 is 27.5 Å². The third-order valence-electron chi connectivity index (χ3n) is 8.64. The Morgan fingerprint density at radius 3 is 2.24 bits per heavy atom. The van der Waals surface area contributed by atoms with Crippen LogP contribution in [-0.4, -0.2) is 14.5 Å². The summed E-state index contributed by atoms with van der Waals surface area (Å²) in [4.78, 5) is 16.0. The van der Waals surface area contributed by atoms with Crippen LogP contribution in [0.3, 0.4) is 0 Å². The Morgan fingerprint density at radius 1 is 0.909 bits per heavy atom. The lowest BCUT2D eigenvalue weighted by Crippen LogP contribution is -2.47. The van der Waals surface area contributed by atoms with Crippen LogP contribution in [-0.2, 0) is 6.54 Å². The third kappa shape index (κ3) is 3.01. The second-order valence-electron chi connectivity index (χ2n) is 10.9. The molecule has 0 aliphatic heterocycles. The van der Waals surface area contributed by atoms with E-state index in [0.29, 0.717) is 5.41 Å². The monoisotopic (exact) mass is 437 g/mol. The van der Waals surface area contributed by atoms with E-state index >= 15 is 0 Å². The summed E-state index contributed by atoms with van der Waals surface area (Å²) in [5.74, 6) is 3.63. The number of nitrogens with zero attached hydrogens (tertiary/aromatic N) is 3. The van der Waals surface area contributed by atoms with Gasteiger partial charge in [-0.2, -0.15) is 0 Å². The molecule has 0 saturated heterocycles. The second-order valence-corrected chi connectivity index (χ2v) is 10.9. The summed E-state index contributed by atoms with van der Waals surface area (Å²) < 4.78 is 2.44. The van der Waals surface area contributed by atoms with Crippen molar-refractivity contribution in [3.8, 4) is 11.4 Å². The van der Waals surface area contributed by atoms with E-state index in [4.69, 9.17) is 4.98 Å². The van der Waals surface area contributed by atoms with Gasteiger partial charge in [-0.1, -0.05) is 30.3 Å². The molecule has 4 aromatic rings. The number of imidazole rings is 1. The van der Waals surface area contributed by atoms with Gasteiger partial charge in [-0.15, -0.1) is 0 Å². The largest absolute Gasteiger partial charge is 0.323 e. The molecule has 33 heavy (non-hydrogen) atoms. The van der Waals surface area contributed by atoms with Gasteiger partial charge in [0.1, 0.15) is 5.82 Å². The van der Waals surface area contributed by atoms with E-state index in [1.165, 1.54) is 54.8 Å². The van der Waals surface area contributed by atoms with Gasteiger partial charge in [0.15, 0.2) is 0 Å². The van der Waals surface area contributed by atoms with E-state index < -0.39 is 0 Å². The first-order chi connectivity index (χ1) is 16.1. The fourth-order valence-corrected chi connectivity index (χ4v) is 7.79. The molecule has 4 aliphatic carbocycles. The normalized spacial score (nSPS) is 28.1. The molecule has 1 heterocycles. The van der Waals surface area contributed by atoms with Crippen LogP contribution in [0.1, 0.15) is 38.5 Å². The zero-order chi connectivity index (χ0) is 22.2. The van der Waals surface area contributed by atoms with Crippen LogP contribution >= 0.6 is 0 Å². The molecule has 166 valence electrons. The molecule has 0 unspecified atom stereocenters. The van der Waals surface area contributed by atoms with Crippen molar-refractivity contribution in [3.05, 3.63) is 70.8 Å². The van der Waals surface area contributed by atoms with Crippen LogP contribution in [0.4, 0.5) is 5.69 Å². The zero-order valence-electron chi connectivity index (χ0n) is 18.6. The molecule has 0 radical (unpaired) electrons. The van der Waals surface area contributed by atoms with Crippen molar-refractivity contribution in [1.82, 2.24) is 9.55 Å². The minimum Gasteiger partial charge on any atom is -0.323 e. The average molecular weight is 438 g/mol. The number of hydrogen-bond donors (Lipinski definition) is 0. The summed E-state index contributed by atoms with van der Waals surface area (Å²) in [6, 6.07) is 19.8. The lowest BCUT2D eigenvalue weighted by atomic mass is 9.49. The Kier molecular flexibility index (Phi) is 4.03. The molecule has 5 nitrogen and oxygen atoms in total. The maximum Gasteiger partial charge on any atom is 0.269 e. The fourth-order valence-electron chi connectivity index (χ4n) is 7.79. The van der Waals surface area contributed by atoms with E-state index in [2.05, 4.69) is 41.0 Å². The Labute approximate surface area is 192 Å². The Hall–Kier alpha value is -3.21. The van der Waals surface area contributed by atoms with Gasteiger partial charge in [0, 0.05) is 29.6 Å². The number of nitro groups is 1. The number of nitro benzene ring substituents is 1. The van der Waals surface area contributed by atoms with Crippen molar-refractivity contribution < 1.29 is 4.92 Å². The van der Waals surface area contributed by atoms with Gasteiger partial charge in [-0.05, 0) is 85.3 Å². The molecule has 4 aliphatic rings. The van der Waals surface area contributed by atoms with Crippen LogP contribution in [0.15, 0.2) is 60.7 Å². The van der Waals surface area contributed by atoms with Gasteiger partial charge in [-0.3, -0.25) is 10.1 Å². The van der Waals surface area contributed by atoms with Crippen LogP contribution in [0.2, 0.25) is 0 Å². The first-order valence-electron chi connectivity index (χ1n) is 12.2. The number of aromatic nitrogens is 2. The maximum absolute atomic E-state index is 11.2. The second kappa shape index (κ2) is 6.89. The molecule has 5 heteroatoms. The molecule has 3 aromatic carbocycles. The predicted octanol–water partition coefficient (Wildman–Crippen LogP) is 6.98. The number of hydrogen-bond acceptors (Lipinski definition) is 3. The molecule has 0 spiro atoms. The van der Waals surface area contributed by atoms with Gasteiger partial charge in [0.05, 0.1) is 16.0 Å². The smallest absolute Gasteiger partial charge is 0.269 e. The number of fused-ring (bicyclic) bond motifs is 3. The van der Waals surface area contributed by atoms with E-state index in [0.717, 1.165) is 41.2 Å². The van der Waals surface area contributed by atoms with E-state index in [-0.39, 0.29) is 10.6 Å². The van der Waals surface area contributed by atoms with Crippen molar-refractivity contribution in [2.24, 2.45) is 23.2 Å². The maximum atomic E-state index is 11.2. The SMILES string of the molecule is O=[N+]([O-])c1ccc(-c2nc3c4ccccc4ccc3n2CC23CC4CC(CC(C4)C2)C3)cc1. The summed E-state index contributed by atoms with van der Waals surface area (Å²) in [7, 11) is 0. The molecule has 8 rings (SSSR count). The molecular formula is C28H27N3O2. The first-order valence-corrected chi connectivity index (χ1v) is 12.2. The lowest BCUT2D eigenvalue weighted by molar-refractivity contribution is -0.384. The number of rotatable bonds is 4. The van der Waals surface area contributed by atoms with E-state index in [1.807, 2.05) is 12.1 Å².